The van der Waals surface area contributed by atoms with E-state index in [1.165, 1.54) is 12.1 Å². The number of hydrogen-bond donors (Lipinski definition) is 1. The van der Waals surface area contributed by atoms with Crippen LogP contribution in [-0.2, 0) is 4.79 Å². The third-order valence-corrected chi connectivity index (χ3v) is 1.87. The van der Waals surface area contributed by atoms with E-state index in [0.29, 0.717) is 13.0 Å². The van der Waals surface area contributed by atoms with Gasteiger partial charge in [-0.3, -0.25) is 4.79 Å². The molecule has 0 radical (unpaired) electrons. The van der Waals surface area contributed by atoms with Crippen LogP contribution in [0, 0.1) is 5.82 Å². The predicted octanol–water partition coefficient (Wildman–Crippen LogP) is 1.90. The molecule has 0 atom stereocenters. The maximum absolute atomic E-state index is 13.1. The molecule has 0 aliphatic rings. The van der Waals surface area contributed by atoms with Crippen LogP contribution in [-0.4, -0.2) is 19.1 Å². The van der Waals surface area contributed by atoms with Gasteiger partial charge in [-0.25, -0.2) is 4.39 Å². The molecule has 0 unspecified atom stereocenters. The lowest BCUT2D eigenvalue weighted by atomic mass is 10.3. The van der Waals surface area contributed by atoms with Gasteiger partial charge in [0.25, 0.3) is 5.91 Å². The first-order valence-corrected chi connectivity index (χ1v) is 4.99. The average Bonchev–Trinajstić information content (AvgIpc) is 2.28. The normalized spacial score (nSPS) is 9.56. The van der Waals surface area contributed by atoms with E-state index >= 15 is 0 Å². The molecule has 0 aliphatic carbocycles. The highest BCUT2D eigenvalue weighted by Gasteiger charge is 2.04. The van der Waals surface area contributed by atoms with Crippen molar-refractivity contribution in [2.75, 3.05) is 13.2 Å². The molecule has 0 bridgehead atoms. The van der Waals surface area contributed by atoms with E-state index in [4.69, 9.17) is 4.74 Å². The Bertz CT molecular complexity index is 366. The van der Waals surface area contributed by atoms with Crippen LogP contribution < -0.4 is 10.1 Å². The fraction of sp³-hybridized carbons (Fsp3) is 0.250. The summed E-state index contributed by atoms with van der Waals surface area (Å²) in [5.41, 5.74) is 0. The number of amides is 1. The highest BCUT2D eigenvalue weighted by atomic mass is 19.1. The lowest BCUT2D eigenvalue weighted by Crippen LogP contribution is -2.29. The molecule has 0 spiro atoms. The van der Waals surface area contributed by atoms with Gasteiger partial charge in [0, 0.05) is 6.54 Å². The Labute approximate surface area is 93.9 Å². The maximum Gasteiger partial charge on any atom is 0.257 e. The Hall–Kier alpha value is -1.84. The Morgan fingerprint density at radius 2 is 2.25 bits per heavy atom. The Morgan fingerprint density at radius 1 is 1.50 bits per heavy atom. The first-order valence-electron chi connectivity index (χ1n) is 4.99. The summed E-state index contributed by atoms with van der Waals surface area (Å²) in [6.45, 7) is 3.86. The zero-order valence-corrected chi connectivity index (χ0v) is 8.91. The van der Waals surface area contributed by atoms with Gasteiger partial charge < -0.3 is 10.1 Å². The Kier molecular flexibility index (Phi) is 5.05. The predicted molar refractivity (Wildman–Crippen MR) is 59.7 cm³/mol. The molecule has 0 fully saturated rings. The molecular weight excluding hydrogens is 209 g/mol. The van der Waals surface area contributed by atoms with Crippen LogP contribution in [0.5, 0.6) is 5.75 Å². The van der Waals surface area contributed by atoms with Gasteiger partial charge in [0.15, 0.2) is 18.2 Å². The summed E-state index contributed by atoms with van der Waals surface area (Å²) >= 11 is 0. The summed E-state index contributed by atoms with van der Waals surface area (Å²) in [7, 11) is 0. The minimum Gasteiger partial charge on any atom is -0.481 e. The third-order valence-electron chi connectivity index (χ3n) is 1.87. The topological polar surface area (TPSA) is 38.3 Å². The number of para-hydroxylation sites is 1. The first-order chi connectivity index (χ1) is 7.74. The summed E-state index contributed by atoms with van der Waals surface area (Å²) in [5, 5.41) is 2.62. The smallest absolute Gasteiger partial charge is 0.257 e. The summed E-state index contributed by atoms with van der Waals surface area (Å²) < 4.78 is 18.1. The number of carbonyl (C=O) groups excluding carboxylic acids is 1. The van der Waals surface area contributed by atoms with Gasteiger partial charge in [0.05, 0.1) is 0 Å². The molecule has 16 heavy (non-hydrogen) atoms. The van der Waals surface area contributed by atoms with E-state index in [1.807, 2.05) is 0 Å². The second kappa shape index (κ2) is 6.61. The quantitative estimate of drug-likeness (QED) is 0.591. The van der Waals surface area contributed by atoms with Crippen LogP contribution in [0.1, 0.15) is 6.42 Å². The van der Waals surface area contributed by atoms with Crippen molar-refractivity contribution in [2.45, 2.75) is 6.42 Å². The van der Waals surface area contributed by atoms with Crippen molar-refractivity contribution < 1.29 is 13.9 Å². The lowest BCUT2D eigenvalue weighted by molar-refractivity contribution is -0.123. The maximum atomic E-state index is 13.1. The Morgan fingerprint density at radius 3 is 2.94 bits per heavy atom. The number of hydrogen-bond acceptors (Lipinski definition) is 2. The van der Waals surface area contributed by atoms with Crippen LogP contribution in [0.3, 0.4) is 0 Å². The van der Waals surface area contributed by atoms with Gasteiger partial charge in [-0.05, 0) is 18.6 Å². The second-order valence-corrected chi connectivity index (χ2v) is 3.15. The van der Waals surface area contributed by atoms with Crippen molar-refractivity contribution in [1.29, 1.82) is 0 Å². The van der Waals surface area contributed by atoms with Crippen molar-refractivity contribution in [2.24, 2.45) is 0 Å². The van der Waals surface area contributed by atoms with Gasteiger partial charge >= 0.3 is 0 Å². The third kappa shape index (κ3) is 4.13. The standard InChI is InChI=1S/C12H14FNO2/c1-2-3-8-14-12(15)9-16-11-7-5-4-6-10(11)13/h2,4-7H,1,3,8-9H2,(H,14,15). The van der Waals surface area contributed by atoms with Gasteiger partial charge in [-0.2, -0.15) is 0 Å². The molecule has 1 amide bonds. The van der Waals surface area contributed by atoms with Gasteiger partial charge in [0.2, 0.25) is 0 Å². The van der Waals surface area contributed by atoms with Gasteiger partial charge in [-0.15, -0.1) is 6.58 Å². The molecule has 1 rings (SSSR count). The molecule has 0 saturated carbocycles. The molecule has 0 aliphatic heterocycles. The molecule has 0 heterocycles. The highest BCUT2D eigenvalue weighted by molar-refractivity contribution is 5.77. The minimum absolute atomic E-state index is 0.0846. The molecule has 86 valence electrons. The van der Waals surface area contributed by atoms with Crippen LogP contribution in [0.25, 0.3) is 0 Å². The average molecular weight is 223 g/mol. The van der Waals surface area contributed by atoms with Crippen molar-refractivity contribution in [1.82, 2.24) is 5.32 Å². The number of benzene rings is 1. The van der Waals surface area contributed by atoms with E-state index in [-0.39, 0.29) is 18.3 Å². The SMILES string of the molecule is C=CCCNC(=O)COc1ccccc1F. The van der Waals surface area contributed by atoms with Gasteiger partial charge in [0.1, 0.15) is 0 Å². The zero-order valence-electron chi connectivity index (χ0n) is 8.91. The molecule has 1 aromatic carbocycles. The summed E-state index contributed by atoms with van der Waals surface area (Å²) in [6.07, 6.45) is 2.41. The minimum atomic E-state index is -0.471. The molecular formula is C12H14FNO2. The molecule has 1 aromatic rings. The monoisotopic (exact) mass is 223 g/mol. The zero-order chi connectivity index (χ0) is 11.8. The van der Waals surface area contributed by atoms with Gasteiger partial charge in [-0.1, -0.05) is 18.2 Å². The molecule has 3 nitrogen and oxygen atoms in total. The van der Waals surface area contributed by atoms with Crippen molar-refractivity contribution >= 4 is 5.91 Å². The summed E-state index contributed by atoms with van der Waals surface area (Å²) in [6, 6.07) is 5.97. The number of ether oxygens (including phenoxy) is 1. The number of halogens is 1. The van der Waals surface area contributed by atoms with Crippen LogP contribution in [0.15, 0.2) is 36.9 Å². The van der Waals surface area contributed by atoms with Crippen molar-refractivity contribution in [3.05, 3.63) is 42.7 Å². The van der Waals surface area contributed by atoms with Crippen LogP contribution in [0.2, 0.25) is 0 Å². The number of nitrogens with one attached hydrogen (secondary N) is 1. The van der Waals surface area contributed by atoms with E-state index in [0.717, 1.165) is 0 Å². The fourth-order valence-corrected chi connectivity index (χ4v) is 1.07. The highest BCUT2D eigenvalue weighted by Crippen LogP contribution is 2.14. The van der Waals surface area contributed by atoms with Crippen molar-refractivity contribution in [3.63, 3.8) is 0 Å². The molecule has 0 aromatic heterocycles. The van der Waals surface area contributed by atoms with Crippen molar-refractivity contribution in [3.8, 4) is 5.75 Å². The van der Waals surface area contributed by atoms with E-state index < -0.39 is 5.82 Å². The largest absolute Gasteiger partial charge is 0.481 e. The molecule has 1 N–H and O–H groups in total. The van der Waals surface area contributed by atoms with E-state index in [9.17, 15) is 9.18 Å². The van der Waals surface area contributed by atoms with Crippen LogP contribution in [0.4, 0.5) is 4.39 Å². The van der Waals surface area contributed by atoms with E-state index in [1.54, 1.807) is 18.2 Å². The van der Waals surface area contributed by atoms with Crippen LogP contribution >= 0.6 is 0 Å². The second-order valence-electron chi connectivity index (χ2n) is 3.15. The summed E-state index contributed by atoms with van der Waals surface area (Å²) in [4.78, 5) is 11.2. The number of rotatable bonds is 6. The summed E-state index contributed by atoms with van der Waals surface area (Å²) in [5.74, 6) is -0.659. The fourth-order valence-electron chi connectivity index (χ4n) is 1.07. The van der Waals surface area contributed by atoms with E-state index in [2.05, 4.69) is 11.9 Å². The number of carbonyl (C=O) groups is 1. The first kappa shape index (κ1) is 12.2. The molecule has 0 saturated heterocycles. The lowest BCUT2D eigenvalue weighted by Gasteiger charge is -2.07. The Balaban J connectivity index is 2.31. The molecule has 4 heteroatoms.